The van der Waals surface area contributed by atoms with Gasteiger partial charge in [0, 0.05) is 40.5 Å². The Morgan fingerprint density at radius 1 is 0.771 bits per heavy atom. The molecule has 48 heavy (non-hydrogen) atoms. The molecule has 7 aromatic rings. The number of para-hydroxylation sites is 1. The number of pyridine rings is 1. The van der Waals surface area contributed by atoms with Crippen molar-refractivity contribution in [1.29, 1.82) is 0 Å². The summed E-state index contributed by atoms with van der Waals surface area (Å²) >= 11 is 0. The van der Waals surface area contributed by atoms with E-state index in [0.717, 1.165) is 56.0 Å². The first-order valence-corrected chi connectivity index (χ1v) is 16.0. The predicted molar refractivity (Wildman–Crippen MR) is 190 cm³/mol. The summed E-state index contributed by atoms with van der Waals surface area (Å²) in [6, 6.07) is 31.8. The number of hydrogen-bond acceptors (Lipinski definition) is 4. The van der Waals surface area contributed by atoms with Crippen molar-refractivity contribution in [2.24, 2.45) is 0 Å². The van der Waals surface area contributed by atoms with Gasteiger partial charge in [0.1, 0.15) is 11.6 Å². The summed E-state index contributed by atoms with van der Waals surface area (Å²) in [5.41, 5.74) is 12.2. The summed E-state index contributed by atoms with van der Waals surface area (Å²) in [4.78, 5) is 4.67. The zero-order valence-corrected chi connectivity index (χ0v) is 30.1. The molecule has 0 aliphatic heterocycles. The van der Waals surface area contributed by atoms with Crippen molar-refractivity contribution in [1.82, 2.24) is 19.3 Å². The summed E-state index contributed by atoms with van der Waals surface area (Å²) in [7, 11) is 1.66. The summed E-state index contributed by atoms with van der Waals surface area (Å²) in [5.74, 6) is 3.15. The minimum absolute atomic E-state index is 0. The summed E-state index contributed by atoms with van der Waals surface area (Å²) < 4.78 is 16.1. The van der Waals surface area contributed by atoms with Crippen molar-refractivity contribution in [2.75, 3.05) is 7.11 Å². The number of fused-ring (bicyclic) bond motifs is 3. The van der Waals surface area contributed by atoms with E-state index in [4.69, 9.17) is 14.6 Å². The maximum absolute atomic E-state index is 6.49. The van der Waals surface area contributed by atoms with Gasteiger partial charge in [0.05, 0.1) is 12.8 Å². The van der Waals surface area contributed by atoms with Gasteiger partial charge in [0.15, 0.2) is 0 Å². The van der Waals surface area contributed by atoms with Crippen LogP contribution in [0, 0.1) is 46.8 Å². The van der Waals surface area contributed by atoms with E-state index in [1.165, 1.54) is 27.8 Å². The van der Waals surface area contributed by atoms with Gasteiger partial charge in [-0.15, -0.1) is 35.7 Å². The van der Waals surface area contributed by atoms with Crippen molar-refractivity contribution in [3.63, 3.8) is 0 Å². The van der Waals surface area contributed by atoms with Crippen LogP contribution in [0.1, 0.15) is 53.4 Å². The van der Waals surface area contributed by atoms with Crippen LogP contribution in [0.25, 0.3) is 44.4 Å². The molecule has 4 aromatic carbocycles. The standard InChI is InChI=1S/C41H38N4O2.Pd/c1-24(2)30-19-26(4)40(27(5)20-30)41-28(6)43-45(29(41)7)31-17-25(3)18-34(21-31)47-33-13-14-36-35-11-9-10-12-37(35)44(38(36)22-33)39-23-32(46-8)15-16-42-39;/h9-20,23-24H,1-8H3;/q-2;+2. The average Bonchev–Trinajstić information content (AvgIpc) is 3.53. The third-order valence-electron chi connectivity index (χ3n) is 8.92. The predicted octanol–water partition coefficient (Wildman–Crippen LogP) is 10.1. The second-order valence-electron chi connectivity index (χ2n) is 12.6. The molecule has 0 unspecified atom stereocenters. The molecule has 0 bridgehead atoms. The first-order valence-electron chi connectivity index (χ1n) is 16.0. The Bertz CT molecular complexity index is 2290. The molecular weight excluding hydrogens is 687 g/mol. The molecule has 0 amide bonds. The molecule has 7 heteroatoms. The number of aryl methyl sites for hydroxylation is 4. The van der Waals surface area contributed by atoms with Crippen molar-refractivity contribution < 1.29 is 29.9 Å². The third kappa shape index (κ3) is 5.83. The SMILES string of the molecule is COc1ccnc(-n2c3[c-]c(Oc4[c-]c(-n5nc(C)c(-c6c(C)cc(C(C)C)cc6C)c5C)cc(C)c4)ccc3c3ccccc32)c1.[Pd+2]. The van der Waals surface area contributed by atoms with Gasteiger partial charge in [0.2, 0.25) is 0 Å². The number of benzene rings is 4. The second-order valence-corrected chi connectivity index (χ2v) is 12.6. The molecule has 0 fully saturated rings. The summed E-state index contributed by atoms with van der Waals surface area (Å²) in [5, 5.41) is 7.19. The molecule has 0 saturated heterocycles. The number of hydrogen-bond donors (Lipinski definition) is 0. The molecule has 3 aromatic heterocycles. The molecule has 0 N–H and O–H groups in total. The number of methoxy groups -OCH3 is 1. The van der Waals surface area contributed by atoms with Crippen LogP contribution in [0.2, 0.25) is 0 Å². The zero-order valence-electron chi connectivity index (χ0n) is 28.5. The van der Waals surface area contributed by atoms with Gasteiger partial charge in [0.25, 0.3) is 0 Å². The van der Waals surface area contributed by atoms with E-state index in [1.54, 1.807) is 13.3 Å². The first kappa shape index (κ1) is 33.2. The van der Waals surface area contributed by atoms with Gasteiger partial charge < -0.3 is 14.0 Å². The fraction of sp³-hybridized carbons (Fsp3) is 0.220. The molecule has 6 nitrogen and oxygen atoms in total. The number of rotatable bonds is 7. The van der Waals surface area contributed by atoms with E-state index in [9.17, 15) is 0 Å². The van der Waals surface area contributed by atoms with Crippen molar-refractivity contribution in [3.8, 4) is 39.9 Å². The zero-order chi connectivity index (χ0) is 33.0. The van der Waals surface area contributed by atoms with Crippen LogP contribution in [0.3, 0.4) is 0 Å². The molecule has 0 radical (unpaired) electrons. The molecule has 7 rings (SSSR count). The fourth-order valence-corrected chi connectivity index (χ4v) is 6.73. The summed E-state index contributed by atoms with van der Waals surface area (Å²) in [6.07, 6.45) is 1.76. The van der Waals surface area contributed by atoms with Gasteiger partial charge >= 0.3 is 20.4 Å². The molecule has 0 saturated carbocycles. The fourth-order valence-electron chi connectivity index (χ4n) is 6.73. The van der Waals surface area contributed by atoms with E-state index in [0.29, 0.717) is 17.4 Å². The van der Waals surface area contributed by atoms with E-state index >= 15 is 0 Å². The van der Waals surface area contributed by atoms with Gasteiger partial charge in [-0.25, -0.2) is 4.98 Å². The van der Waals surface area contributed by atoms with Crippen LogP contribution < -0.4 is 9.47 Å². The maximum atomic E-state index is 6.49. The number of nitrogens with zero attached hydrogens (tertiary/aromatic N) is 4. The molecule has 3 heterocycles. The minimum Gasteiger partial charge on any atom is -0.509 e. The molecule has 0 spiro atoms. The largest absolute Gasteiger partial charge is 2.00 e. The Morgan fingerprint density at radius 2 is 1.52 bits per heavy atom. The quantitative estimate of drug-likeness (QED) is 0.121. The maximum Gasteiger partial charge on any atom is 2.00 e. The molecular formula is C41H38N4O2Pd. The molecule has 0 aliphatic carbocycles. The van der Waals surface area contributed by atoms with E-state index in [-0.39, 0.29) is 20.4 Å². The van der Waals surface area contributed by atoms with Crippen LogP contribution in [-0.2, 0) is 20.4 Å². The smallest absolute Gasteiger partial charge is 0.509 e. The van der Waals surface area contributed by atoms with Gasteiger partial charge in [-0.2, -0.15) is 16.7 Å². The number of aromatic nitrogens is 4. The molecule has 0 aliphatic rings. The van der Waals surface area contributed by atoms with E-state index < -0.39 is 0 Å². The van der Waals surface area contributed by atoms with Crippen LogP contribution >= 0.6 is 0 Å². The first-order chi connectivity index (χ1) is 22.6. The average molecular weight is 725 g/mol. The van der Waals surface area contributed by atoms with Crippen LogP contribution in [0.15, 0.2) is 79.0 Å². The topological polar surface area (TPSA) is 54.1 Å². The Hall–Kier alpha value is -4.70. The van der Waals surface area contributed by atoms with Crippen molar-refractivity contribution >= 4 is 21.8 Å². The van der Waals surface area contributed by atoms with Crippen molar-refractivity contribution in [3.05, 3.63) is 125 Å². The van der Waals surface area contributed by atoms with Crippen LogP contribution in [0.4, 0.5) is 0 Å². The Morgan fingerprint density at radius 3 is 2.25 bits per heavy atom. The normalized spacial score (nSPS) is 11.4. The van der Waals surface area contributed by atoms with Gasteiger partial charge in [-0.05, 0) is 79.1 Å². The monoisotopic (exact) mass is 724 g/mol. The van der Waals surface area contributed by atoms with Crippen molar-refractivity contribution in [2.45, 2.75) is 54.4 Å². The summed E-state index contributed by atoms with van der Waals surface area (Å²) in [6.45, 7) is 15.2. The van der Waals surface area contributed by atoms with Gasteiger partial charge in [-0.1, -0.05) is 56.6 Å². The number of ether oxygens (including phenoxy) is 2. The Balaban J connectivity index is 0.00000401. The van der Waals surface area contributed by atoms with Gasteiger partial charge in [-0.3, -0.25) is 4.68 Å². The van der Waals surface area contributed by atoms with E-state index in [1.807, 2.05) is 41.1 Å². The third-order valence-corrected chi connectivity index (χ3v) is 8.92. The minimum atomic E-state index is 0. The second kappa shape index (κ2) is 13.1. The van der Waals surface area contributed by atoms with E-state index in [2.05, 4.69) is 107 Å². The molecule has 244 valence electrons. The Labute approximate surface area is 296 Å². The van der Waals surface area contributed by atoms with Crippen LogP contribution in [-0.4, -0.2) is 26.4 Å². The molecule has 0 atom stereocenters. The Kier molecular flexibility index (Phi) is 9.04. The van der Waals surface area contributed by atoms with Crippen LogP contribution in [0.5, 0.6) is 17.2 Å².